The molecule has 0 aliphatic heterocycles. The Hall–Kier alpha value is -0.890. The zero-order valence-corrected chi connectivity index (χ0v) is 11.8. The molecule has 0 heterocycles. The molecule has 0 fully saturated rings. The van der Waals surface area contributed by atoms with Crippen LogP contribution in [0.5, 0.6) is 0 Å². The number of halogens is 1. The van der Waals surface area contributed by atoms with Gasteiger partial charge >= 0.3 is 0 Å². The van der Waals surface area contributed by atoms with E-state index in [1.165, 1.54) is 0 Å². The van der Waals surface area contributed by atoms with Crippen LogP contribution < -0.4 is 5.32 Å². The molecule has 0 bridgehead atoms. The van der Waals surface area contributed by atoms with Crippen molar-refractivity contribution in [1.29, 1.82) is 0 Å². The van der Waals surface area contributed by atoms with Gasteiger partial charge in [-0.1, -0.05) is 26.8 Å². The molecule has 0 saturated heterocycles. The third kappa shape index (κ3) is 3.06. The molecular weight excluding hydrogens is 213 g/mol. The van der Waals surface area contributed by atoms with Crippen LogP contribution in [0.2, 0.25) is 0 Å². The van der Waals surface area contributed by atoms with E-state index in [4.69, 9.17) is 0 Å². The number of aryl methyl sites for hydroxylation is 2. The summed E-state index contributed by atoms with van der Waals surface area (Å²) >= 11 is 0. The Labute approximate surface area is 104 Å². The van der Waals surface area contributed by atoms with Gasteiger partial charge < -0.3 is 5.32 Å². The maximum atomic E-state index is 14.1. The van der Waals surface area contributed by atoms with Gasteiger partial charge in [0.05, 0.1) is 0 Å². The molecule has 17 heavy (non-hydrogen) atoms. The van der Waals surface area contributed by atoms with Gasteiger partial charge in [-0.25, -0.2) is 4.39 Å². The first-order chi connectivity index (χ1) is 7.88. The fourth-order valence-electron chi connectivity index (χ4n) is 2.38. The van der Waals surface area contributed by atoms with E-state index in [0.717, 1.165) is 16.7 Å². The normalized spacial score (nSPS) is 15.1. The van der Waals surface area contributed by atoms with Crippen LogP contribution in [0.4, 0.5) is 4.39 Å². The predicted octanol–water partition coefficient (Wildman–Crippen LogP) is 4.00. The molecule has 2 atom stereocenters. The molecule has 0 aromatic heterocycles. The van der Waals surface area contributed by atoms with E-state index in [0.29, 0.717) is 11.8 Å². The van der Waals surface area contributed by atoms with Gasteiger partial charge in [0.15, 0.2) is 0 Å². The molecule has 0 spiro atoms. The Balaban J connectivity index is 3.21. The van der Waals surface area contributed by atoms with E-state index in [2.05, 4.69) is 32.2 Å². The average Bonchev–Trinajstić information content (AvgIpc) is 2.21. The fraction of sp³-hybridized carbons (Fsp3) is 0.600. The van der Waals surface area contributed by atoms with Gasteiger partial charge in [-0.15, -0.1) is 0 Å². The third-order valence-corrected chi connectivity index (χ3v) is 3.68. The van der Waals surface area contributed by atoms with E-state index < -0.39 is 0 Å². The van der Waals surface area contributed by atoms with Gasteiger partial charge in [0.25, 0.3) is 0 Å². The van der Waals surface area contributed by atoms with Crippen molar-refractivity contribution in [2.45, 2.75) is 40.7 Å². The zero-order valence-electron chi connectivity index (χ0n) is 11.8. The lowest BCUT2D eigenvalue weighted by atomic mass is 9.84. The summed E-state index contributed by atoms with van der Waals surface area (Å²) in [6, 6.07) is 3.76. The monoisotopic (exact) mass is 237 g/mol. The number of benzene rings is 1. The van der Waals surface area contributed by atoms with Crippen LogP contribution in [0.15, 0.2) is 12.1 Å². The van der Waals surface area contributed by atoms with Gasteiger partial charge in [0.2, 0.25) is 0 Å². The number of rotatable bonds is 4. The molecule has 1 N–H and O–H groups in total. The van der Waals surface area contributed by atoms with Crippen molar-refractivity contribution in [3.8, 4) is 0 Å². The first-order valence-corrected chi connectivity index (χ1v) is 6.32. The lowest BCUT2D eigenvalue weighted by Crippen LogP contribution is -2.28. The molecule has 0 saturated carbocycles. The molecule has 2 heteroatoms. The Morgan fingerprint density at radius 3 is 2.12 bits per heavy atom. The van der Waals surface area contributed by atoms with Crippen LogP contribution in [0.1, 0.15) is 43.5 Å². The molecule has 0 radical (unpaired) electrons. The van der Waals surface area contributed by atoms with Gasteiger partial charge in [0, 0.05) is 11.6 Å². The molecule has 96 valence electrons. The van der Waals surface area contributed by atoms with E-state index in [9.17, 15) is 4.39 Å². The minimum absolute atomic E-state index is 0.0793. The minimum atomic E-state index is -0.0886. The molecule has 1 rings (SSSR count). The van der Waals surface area contributed by atoms with E-state index in [1.807, 2.05) is 20.9 Å². The first kappa shape index (κ1) is 14.2. The van der Waals surface area contributed by atoms with E-state index in [1.54, 1.807) is 6.07 Å². The molecule has 1 nitrogen and oxygen atoms in total. The van der Waals surface area contributed by atoms with Crippen LogP contribution in [-0.4, -0.2) is 7.05 Å². The van der Waals surface area contributed by atoms with Gasteiger partial charge in [-0.05, 0) is 49.9 Å². The van der Waals surface area contributed by atoms with Crippen molar-refractivity contribution < 1.29 is 4.39 Å². The van der Waals surface area contributed by atoms with Crippen molar-refractivity contribution in [3.63, 3.8) is 0 Å². The lowest BCUT2D eigenvalue weighted by Gasteiger charge is -2.28. The Kier molecular flexibility index (Phi) is 4.70. The predicted molar refractivity (Wildman–Crippen MR) is 71.7 cm³/mol. The molecule has 0 amide bonds. The summed E-state index contributed by atoms with van der Waals surface area (Å²) in [6.07, 6.45) is 0. The topological polar surface area (TPSA) is 12.0 Å². The molecule has 0 aliphatic carbocycles. The Morgan fingerprint density at radius 2 is 1.71 bits per heavy atom. The SMILES string of the molecule is CNC(c1c(C)cc(C)cc1F)C(C)C(C)C. The van der Waals surface area contributed by atoms with Crippen LogP contribution in [-0.2, 0) is 0 Å². The summed E-state index contributed by atoms with van der Waals surface area (Å²) in [7, 11) is 1.91. The van der Waals surface area contributed by atoms with Gasteiger partial charge in [-0.3, -0.25) is 0 Å². The largest absolute Gasteiger partial charge is 0.313 e. The molecule has 1 aromatic carbocycles. The van der Waals surface area contributed by atoms with Crippen molar-refractivity contribution in [2.24, 2.45) is 11.8 Å². The summed E-state index contributed by atoms with van der Waals surface area (Å²) in [6.45, 7) is 10.4. The smallest absolute Gasteiger partial charge is 0.128 e. The maximum absolute atomic E-state index is 14.1. The standard InChI is InChI=1S/C15H24FN/c1-9(2)12(5)15(17-6)14-11(4)7-10(3)8-13(14)16/h7-9,12,15,17H,1-6H3. The highest BCUT2D eigenvalue weighted by molar-refractivity contribution is 5.34. The summed E-state index contributed by atoms with van der Waals surface area (Å²) in [5, 5.41) is 3.26. The highest BCUT2D eigenvalue weighted by Gasteiger charge is 2.24. The first-order valence-electron chi connectivity index (χ1n) is 6.32. The third-order valence-electron chi connectivity index (χ3n) is 3.68. The van der Waals surface area contributed by atoms with Crippen molar-refractivity contribution in [1.82, 2.24) is 5.32 Å². The summed E-state index contributed by atoms with van der Waals surface area (Å²) < 4.78 is 14.1. The lowest BCUT2D eigenvalue weighted by molar-refractivity contribution is 0.309. The number of hydrogen-bond donors (Lipinski definition) is 1. The number of hydrogen-bond acceptors (Lipinski definition) is 1. The van der Waals surface area contributed by atoms with Crippen molar-refractivity contribution in [3.05, 3.63) is 34.6 Å². The summed E-state index contributed by atoms with van der Waals surface area (Å²) in [4.78, 5) is 0. The van der Waals surface area contributed by atoms with Crippen molar-refractivity contribution in [2.75, 3.05) is 7.05 Å². The van der Waals surface area contributed by atoms with Crippen LogP contribution in [0.3, 0.4) is 0 Å². The Bertz CT molecular complexity index is 362. The van der Waals surface area contributed by atoms with E-state index in [-0.39, 0.29) is 11.9 Å². The highest BCUT2D eigenvalue weighted by Crippen LogP contribution is 2.31. The molecule has 2 unspecified atom stereocenters. The van der Waals surface area contributed by atoms with Crippen LogP contribution in [0.25, 0.3) is 0 Å². The van der Waals surface area contributed by atoms with E-state index >= 15 is 0 Å². The van der Waals surface area contributed by atoms with Crippen LogP contribution in [0, 0.1) is 31.5 Å². The quantitative estimate of drug-likeness (QED) is 0.834. The molecule has 0 aliphatic rings. The average molecular weight is 237 g/mol. The second-order valence-electron chi connectivity index (χ2n) is 5.35. The second-order valence-corrected chi connectivity index (χ2v) is 5.35. The maximum Gasteiger partial charge on any atom is 0.128 e. The molecule has 1 aromatic rings. The second kappa shape index (κ2) is 5.63. The van der Waals surface area contributed by atoms with Gasteiger partial charge in [-0.2, -0.15) is 0 Å². The van der Waals surface area contributed by atoms with Crippen molar-refractivity contribution >= 4 is 0 Å². The Morgan fingerprint density at radius 1 is 1.12 bits per heavy atom. The summed E-state index contributed by atoms with van der Waals surface area (Å²) in [5.74, 6) is 0.831. The fourth-order valence-corrected chi connectivity index (χ4v) is 2.38. The van der Waals surface area contributed by atoms with Crippen LogP contribution >= 0.6 is 0 Å². The zero-order chi connectivity index (χ0) is 13.2. The van der Waals surface area contributed by atoms with Gasteiger partial charge in [0.1, 0.15) is 5.82 Å². The minimum Gasteiger partial charge on any atom is -0.313 e. The molecular formula is C15H24FN. The number of nitrogens with one attached hydrogen (secondary N) is 1. The summed E-state index contributed by atoms with van der Waals surface area (Å²) in [5.41, 5.74) is 2.84. The highest BCUT2D eigenvalue weighted by atomic mass is 19.1.